The molecule has 3 unspecified atom stereocenters. The van der Waals surface area contributed by atoms with Gasteiger partial charge in [-0.25, -0.2) is 0 Å². The minimum absolute atomic E-state index is 0.190. The molecule has 1 N–H and O–H groups in total. The van der Waals surface area contributed by atoms with E-state index >= 15 is 0 Å². The standard InChI is InChI=1S/C14H29NO/c1-11-8-6-7-9-13(11)16-12(2)10-15-14(3,4)5/h11-13,15H,6-10H2,1-5H3. The second kappa shape index (κ2) is 6.02. The van der Waals surface area contributed by atoms with Crippen LogP contribution in [-0.2, 0) is 4.74 Å². The van der Waals surface area contributed by atoms with Crippen LogP contribution >= 0.6 is 0 Å². The van der Waals surface area contributed by atoms with Gasteiger partial charge in [0.25, 0.3) is 0 Å². The fourth-order valence-corrected chi connectivity index (χ4v) is 2.28. The topological polar surface area (TPSA) is 21.3 Å². The third-order valence-electron chi connectivity index (χ3n) is 3.36. The Morgan fingerprint density at radius 2 is 1.88 bits per heavy atom. The summed E-state index contributed by atoms with van der Waals surface area (Å²) in [4.78, 5) is 0. The van der Waals surface area contributed by atoms with Gasteiger partial charge >= 0.3 is 0 Å². The summed E-state index contributed by atoms with van der Waals surface area (Å²) >= 11 is 0. The van der Waals surface area contributed by atoms with E-state index in [1.807, 2.05) is 0 Å². The first-order valence-electron chi connectivity index (χ1n) is 6.79. The molecule has 1 saturated carbocycles. The maximum Gasteiger partial charge on any atom is 0.0675 e. The molecule has 0 bridgehead atoms. The molecule has 0 aromatic rings. The first kappa shape index (κ1) is 14.0. The smallest absolute Gasteiger partial charge is 0.0675 e. The Kier molecular flexibility index (Phi) is 5.26. The van der Waals surface area contributed by atoms with Crippen LogP contribution in [0.5, 0.6) is 0 Å². The predicted molar refractivity (Wildman–Crippen MR) is 69.7 cm³/mol. The maximum atomic E-state index is 6.14. The highest BCUT2D eigenvalue weighted by Crippen LogP contribution is 2.27. The fourth-order valence-electron chi connectivity index (χ4n) is 2.28. The van der Waals surface area contributed by atoms with Gasteiger partial charge in [0.05, 0.1) is 12.2 Å². The number of nitrogens with one attached hydrogen (secondary N) is 1. The first-order valence-corrected chi connectivity index (χ1v) is 6.79. The van der Waals surface area contributed by atoms with E-state index in [0.717, 1.165) is 12.5 Å². The Balaban J connectivity index is 2.24. The molecule has 16 heavy (non-hydrogen) atoms. The van der Waals surface area contributed by atoms with Crippen LogP contribution < -0.4 is 5.32 Å². The van der Waals surface area contributed by atoms with Crippen molar-refractivity contribution in [1.82, 2.24) is 5.32 Å². The average Bonchev–Trinajstić information content (AvgIpc) is 2.18. The van der Waals surface area contributed by atoms with Crippen LogP contribution in [0.2, 0.25) is 0 Å². The highest BCUT2D eigenvalue weighted by atomic mass is 16.5. The summed E-state index contributed by atoms with van der Waals surface area (Å²) in [5, 5.41) is 3.50. The quantitative estimate of drug-likeness (QED) is 0.795. The van der Waals surface area contributed by atoms with Crippen molar-refractivity contribution in [2.24, 2.45) is 5.92 Å². The van der Waals surface area contributed by atoms with Crippen molar-refractivity contribution in [3.8, 4) is 0 Å². The highest BCUT2D eigenvalue weighted by molar-refractivity contribution is 4.76. The molecule has 2 nitrogen and oxygen atoms in total. The summed E-state index contributed by atoms with van der Waals surface area (Å²) in [5.41, 5.74) is 0.190. The molecule has 1 aliphatic rings. The molecule has 0 aliphatic heterocycles. The van der Waals surface area contributed by atoms with E-state index in [9.17, 15) is 0 Å². The van der Waals surface area contributed by atoms with Gasteiger partial charge in [-0.2, -0.15) is 0 Å². The molecule has 0 amide bonds. The van der Waals surface area contributed by atoms with E-state index in [-0.39, 0.29) is 5.54 Å². The molecule has 0 heterocycles. The second-order valence-electron chi connectivity index (χ2n) is 6.38. The first-order chi connectivity index (χ1) is 7.38. The fraction of sp³-hybridized carbons (Fsp3) is 1.00. The lowest BCUT2D eigenvalue weighted by atomic mass is 9.88. The van der Waals surface area contributed by atoms with Crippen LogP contribution in [0.4, 0.5) is 0 Å². The van der Waals surface area contributed by atoms with Crippen LogP contribution in [0.3, 0.4) is 0 Å². The van der Waals surface area contributed by atoms with Crippen molar-refractivity contribution in [3.63, 3.8) is 0 Å². The summed E-state index contributed by atoms with van der Waals surface area (Å²) in [6.07, 6.45) is 6.13. The zero-order valence-electron chi connectivity index (χ0n) is 11.7. The molecule has 0 radical (unpaired) electrons. The second-order valence-corrected chi connectivity index (χ2v) is 6.38. The van der Waals surface area contributed by atoms with Crippen LogP contribution in [0.15, 0.2) is 0 Å². The Morgan fingerprint density at radius 1 is 1.25 bits per heavy atom. The molecular weight excluding hydrogens is 198 g/mol. The Morgan fingerprint density at radius 3 is 2.44 bits per heavy atom. The van der Waals surface area contributed by atoms with Crippen molar-refractivity contribution in [2.45, 2.75) is 78.0 Å². The van der Waals surface area contributed by atoms with Crippen LogP contribution in [0.1, 0.15) is 60.3 Å². The van der Waals surface area contributed by atoms with E-state index in [2.05, 4.69) is 39.9 Å². The van der Waals surface area contributed by atoms with Crippen LogP contribution in [0.25, 0.3) is 0 Å². The van der Waals surface area contributed by atoms with Gasteiger partial charge in [-0.3, -0.25) is 0 Å². The van der Waals surface area contributed by atoms with Gasteiger partial charge in [0.2, 0.25) is 0 Å². The monoisotopic (exact) mass is 227 g/mol. The minimum atomic E-state index is 0.190. The molecule has 0 saturated heterocycles. The number of hydrogen-bond donors (Lipinski definition) is 1. The summed E-state index contributed by atoms with van der Waals surface area (Å²) in [6.45, 7) is 12.1. The lowest BCUT2D eigenvalue weighted by molar-refractivity contribution is -0.0483. The molecule has 1 rings (SSSR count). The molecule has 0 aromatic carbocycles. The molecule has 1 fully saturated rings. The summed E-state index contributed by atoms with van der Waals surface area (Å²) in [7, 11) is 0. The van der Waals surface area contributed by atoms with Gasteiger partial charge in [-0.1, -0.05) is 19.8 Å². The third kappa shape index (κ3) is 5.31. The van der Waals surface area contributed by atoms with Gasteiger partial charge in [-0.05, 0) is 46.5 Å². The Labute approximate surface area is 101 Å². The molecule has 3 atom stereocenters. The van der Waals surface area contributed by atoms with E-state index in [4.69, 9.17) is 4.74 Å². The Hall–Kier alpha value is -0.0800. The number of hydrogen-bond acceptors (Lipinski definition) is 2. The van der Waals surface area contributed by atoms with E-state index < -0.39 is 0 Å². The lowest BCUT2D eigenvalue weighted by Gasteiger charge is -2.32. The van der Waals surface area contributed by atoms with Gasteiger partial charge in [0.1, 0.15) is 0 Å². The van der Waals surface area contributed by atoms with Crippen molar-refractivity contribution in [1.29, 1.82) is 0 Å². The van der Waals surface area contributed by atoms with Crippen molar-refractivity contribution in [2.75, 3.05) is 6.54 Å². The zero-order valence-corrected chi connectivity index (χ0v) is 11.7. The van der Waals surface area contributed by atoms with Gasteiger partial charge in [-0.15, -0.1) is 0 Å². The molecule has 2 heteroatoms. The normalized spacial score (nSPS) is 29.1. The van der Waals surface area contributed by atoms with Crippen molar-refractivity contribution in [3.05, 3.63) is 0 Å². The van der Waals surface area contributed by atoms with Gasteiger partial charge in [0.15, 0.2) is 0 Å². The molecule has 1 aliphatic carbocycles. The number of rotatable bonds is 4. The summed E-state index contributed by atoms with van der Waals surface area (Å²) < 4.78 is 6.14. The molecule has 96 valence electrons. The zero-order chi connectivity index (χ0) is 12.2. The van der Waals surface area contributed by atoms with E-state index in [0.29, 0.717) is 12.2 Å². The lowest BCUT2D eigenvalue weighted by Crippen LogP contribution is -2.42. The van der Waals surface area contributed by atoms with Crippen LogP contribution in [0, 0.1) is 5.92 Å². The molecule has 0 spiro atoms. The summed E-state index contributed by atoms with van der Waals surface area (Å²) in [5.74, 6) is 0.742. The minimum Gasteiger partial charge on any atom is -0.374 e. The Bertz CT molecular complexity index is 197. The van der Waals surface area contributed by atoms with E-state index in [1.165, 1.54) is 25.7 Å². The van der Waals surface area contributed by atoms with Crippen molar-refractivity contribution >= 4 is 0 Å². The van der Waals surface area contributed by atoms with Gasteiger partial charge < -0.3 is 10.1 Å². The van der Waals surface area contributed by atoms with Gasteiger partial charge in [0, 0.05) is 12.1 Å². The van der Waals surface area contributed by atoms with Crippen molar-refractivity contribution < 1.29 is 4.74 Å². The molecule has 0 aromatic heterocycles. The highest BCUT2D eigenvalue weighted by Gasteiger charge is 2.24. The maximum absolute atomic E-state index is 6.14. The van der Waals surface area contributed by atoms with Crippen LogP contribution in [-0.4, -0.2) is 24.3 Å². The summed E-state index contributed by atoms with van der Waals surface area (Å²) in [6, 6.07) is 0. The average molecular weight is 227 g/mol. The largest absolute Gasteiger partial charge is 0.374 e. The third-order valence-corrected chi connectivity index (χ3v) is 3.36. The predicted octanol–water partition coefficient (Wildman–Crippen LogP) is 3.36. The SMILES string of the molecule is CC(CNC(C)(C)C)OC1CCCCC1C. The van der Waals surface area contributed by atoms with E-state index in [1.54, 1.807) is 0 Å². The number of ether oxygens (including phenoxy) is 1. The molecular formula is C14H29NO.